The molecule has 1 amide bonds. The third-order valence-electron chi connectivity index (χ3n) is 3.16. The number of carbonyl (C=O) groups is 1. The predicted octanol–water partition coefficient (Wildman–Crippen LogP) is 3.05. The van der Waals surface area contributed by atoms with Gasteiger partial charge in [-0.3, -0.25) is 9.89 Å². The number of aromatic amines is 1. The van der Waals surface area contributed by atoms with Crippen molar-refractivity contribution in [2.75, 3.05) is 13.7 Å². The zero-order valence-electron chi connectivity index (χ0n) is 11.8. The molecule has 0 aliphatic rings. The van der Waals surface area contributed by atoms with Gasteiger partial charge < -0.3 is 10.1 Å². The number of rotatable bonds is 4. The SMILES string of the molecule is CCNC(=O)c1cc2[nH]nc(-c3ccc(OC)cc3)c2s1. The monoisotopic (exact) mass is 301 g/mol. The quantitative estimate of drug-likeness (QED) is 0.778. The number of benzene rings is 1. The number of aromatic nitrogens is 2. The average Bonchev–Trinajstić information content (AvgIpc) is 3.08. The standard InChI is InChI=1S/C15H15N3O2S/c1-3-16-15(19)12-8-11-14(21-12)13(18-17-11)9-4-6-10(20-2)7-5-9/h4-8H,3H2,1-2H3,(H,16,19)(H,17,18). The van der Waals surface area contributed by atoms with Crippen molar-refractivity contribution in [1.82, 2.24) is 15.5 Å². The van der Waals surface area contributed by atoms with Crippen LogP contribution in [0.2, 0.25) is 0 Å². The lowest BCUT2D eigenvalue weighted by atomic mass is 10.1. The number of nitrogens with zero attached hydrogens (tertiary/aromatic N) is 1. The van der Waals surface area contributed by atoms with E-state index >= 15 is 0 Å². The Labute approximate surface area is 125 Å². The Hall–Kier alpha value is -2.34. The summed E-state index contributed by atoms with van der Waals surface area (Å²) in [6.45, 7) is 2.52. The van der Waals surface area contributed by atoms with Crippen LogP contribution in [0.3, 0.4) is 0 Å². The number of hydrogen-bond acceptors (Lipinski definition) is 4. The van der Waals surface area contributed by atoms with Crippen molar-refractivity contribution in [2.45, 2.75) is 6.92 Å². The van der Waals surface area contributed by atoms with Crippen LogP contribution in [-0.4, -0.2) is 29.8 Å². The van der Waals surface area contributed by atoms with Gasteiger partial charge in [-0.1, -0.05) is 0 Å². The highest BCUT2D eigenvalue weighted by Crippen LogP contribution is 2.33. The number of methoxy groups -OCH3 is 1. The van der Waals surface area contributed by atoms with E-state index in [2.05, 4.69) is 15.5 Å². The summed E-state index contributed by atoms with van der Waals surface area (Å²) in [5.74, 6) is 0.757. The molecular formula is C15H15N3O2S. The van der Waals surface area contributed by atoms with E-state index in [0.29, 0.717) is 11.4 Å². The van der Waals surface area contributed by atoms with Gasteiger partial charge in [-0.2, -0.15) is 5.10 Å². The molecule has 0 radical (unpaired) electrons. The summed E-state index contributed by atoms with van der Waals surface area (Å²) in [5.41, 5.74) is 2.73. The third kappa shape index (κ3) is 2.50. The van der Waals surface area contributed by atoms with E-state index in [1.165, 1.54) is 11.3 Å². The van der Waals surface area contributed by atoms with Crippen molar-refractivity contribution >= 4 is 27.5 Å². The maximum absolute atomic E-state index is 11.9. The molecule has 0 bridgehead atoms. The van der Waals surface area contributed by atoms with Crippen LogP contribution >= 0.6 is 11.3 Å². The average molecular weight is 301 g/mol. The molecule has 6 heteroatoms. The number of amides is 1. The summed E-state index contributed by atoms with van der Waals surface area (Å²) in [4.78, 5) is 12.6. The summed E-state index contributed by atoms with van der Waals surface area (Å²) in [7, 11) is 1.64. The van der Waals surface area contributed by atoms with Crippen LogP contribution in [0.25, 0.3) is 21.5 Å². The summed E-state index contributed by atoms with van der Waals surface area (Å²) < 4.78 is 6.15. The summed E-state index contributed by atoms with van der Waals surface area (Å²) in [6.07, 6.45) is 0. The van der Waals surface area contributed by atoms with Gasteiger partial charge >= 0.3 is 0 Å². The van der Waals surface area contributed by atoms with Crippen LogP contribution in [0.1, 0.15) is 16.6 Å². The van der Waals surface area contributed by atoms with Crippen molar-refractivity contribution in [1.29, 1.82) is 0 Å². The van der Waals surface area contributed by atoms with Gasteiger partial charge in [0.25, 0.3) is 5.91 Å². The van der Waals surface area contributed by atoms with Crippen LogP contribution in [-0.2, 0) is 0 Å². The maximum atomic E-state index is 11.9. The molecule has 0 atom stereocenters. The number of H-pyrrole nitrogens is 1. The van der Waals surface area contributed by atoms with Gasteiger partial charge in [0.2, 0.25) is 0 Å². The number of carbonyl (C=O) groups excluding carboxylic acids is 1. The number of ether oxygens (including phenoxy) is 1. The Morgan fingerprint density at radius 1 is 1.38 bits per heavy atom. The van der Waals surface area contributed by atoms with E-state index in [-0.39, 0.29) is 5.91 Å². The fourth-order valence-corrected chi connectivity index (χ4v) is 3.16. The zero-order valence-corrected chi connectivity index (χ0v) is 12.6. The van der Waals surface area contributed by atoms with Crippen LogP contribution < -0.4 is 10.1 Å². The molecular weight excluding hydrogens is 286 g/mol. The topological polar surface area (TPSA) is 67.0 Å². The molecule has 2 heterocycles. The second-order valence-electron chi connectivity index (χ2n) is 4.51. The largest absolute Gasteiger partial charge is 0.497 e. The van der Waals surface area contributed by atoms with Crippen LogP contribution in [0.5, 0.6) is 5.75 Å². The lowest BCUT2D eigenvalue weighted by Gasteiger charge is -2.00. The highest BCUT2D eigenvalue weighted by atomic mass is 32.1. The Kier molecular flexibility index (Phi) is 3.62. The molecule has 2 N–H and O–H groups in total. The van der Waals surface area contributed by atoms with Gasteiger partial charge in [0, 0.05) is 12.1 Å². The first-order valence-corrected chi connectivity index (χ1v) is 7.45. The molecule has 5 nitrogen and oxygen atoms in total. The lowest BCUT2D eigenvalue weighted by Crippen LogP contribution is -2.21. The van der Waals surface area contributed by atoms with E-state index in [9.17, 15) is 4.79 Å². The van der Waals surface area contributed by atoms with E-state index < -0.39 is 0 Å². The van der Waals surface area contributed by atoms with Crippen molar-refractivity contribution in [3.05, 3.63) is 35.2 Å². The van der Waals surface area contributed by atoms with Crippen molar-refractivity contribution in [3.8, 4) is 17.0 Å². The minimum Gasteiger partial charge on any atom is -0.497 e. The second-order valence-corrected chi connectivity index (χ2v) is 5.57. The molecule has 1 aromatic carbocycles. The molecule has 3 rings (SSSR count). The van der Waals surface area contributed by atoms with E-state index in [1.54, 1.807) is 7.11 Å². The van der Waals surface area contributed by atoms with Gasteiger partial charge in [-0.15, -0.1) is 11.3 Å². The summed E-state index contributed by atoms with van der Waals surface area (Å²) in [5, 5.41) is 10.1. The zero-order chi connectivity index (χ0) is 14.8. The van der Waals surface area contributed by atoms with Crippen molar-refractivity contribution < 1.29 is 9.53 Å². The van der Waals surface area contributed by atoms with E-state index in [0.717, 1.165) is 27.2 Å². The Bertz CT molecular complexity index is 774. The summed E-state index contributed by atoms with van der Waals surface area (Å²) >= 11 is 1.45. The number of fused-ring (bicyclic) bond motifs is 1. The molecule has 0 saturated heterocycles. The molecule has 21 heavy (non-hydrogen) atoms. The highest BCUT2D eigenvalue weighted by Gasteiger charge is 2.15. The van der Waals surface area contributed by atoms with Gasteiger partial charge in [-0.05, 0) is 37.3 Å². The van der Waals surface area contributed by atoms with E-state index in [4.69, 9.17) is 4.74 Å². The molecule has 0 fully saturated rings. The Balaban J connectivity index is 2.00. The maximum Gasteiger partial charge on any atom is 0.261 e. The molecule has 2 aromatic heterocycles. The first-order valence-electron chi connectivity index (χ1n) is 6.63. The number of thiophene rings is 1. The minimum absolute atomic E-state index is 0.0484. The molecule has 0 saturated carbocycles. The lowest BCUT2D eigenvalue weighted by molar-refractivity contribution is 0.0960. The molecule has 0 unspecified atom stereocenters. The van der Waals surface area contributed by atoms with Gasteiger partial charge in [0.15, 0.2) is 0 Å². The normalized spacial score (nSPS) is 10.8. The molecule has 0 spiro atoms. The first-order chi connectivity index (χ1) is 10.2. The van der Waals surface area contributed by atoms with Crippen LogP contribution in [0.15, 0.2) is 30.3 Å². The fourth-order valence-electron chi connectivity index (χ4n) is 2.12. The molecule has 108 valence electrons. The summed E-state index contributed by atoms with van der Waals surface area (Å²) in [6, 6.07) is 9.55. The van der Waals surface area contributed by atoms with Crippen molar-refractivity contribution in [3.63, 3.8) is 0 Å². The number of hydrogen-bond donors (Lipinski definition) is 2. The number of nitrogens with one attached hydrogen (secondary N) is 2. The molecule has 0 aliphatic carbocycles. The van der Waals surface area contributed by atoms with E-state index in [1.807, 2.05) is 37.3 Å². The predicted molar refractivity (Wildman–Crippen MR) is 84.0 cm³/mol. The highest BCUT2D eigenvalue weighted by molar-refractivity contribution is 7.21. The fraction of sp³-hybridized carbons (Fsp3) is 0.200. The minimum atomic E-state index is -0.0484. The van der Waals surface area contributed by atoms with Crippen LogP contribution in [0.4, 0.5) is 0 Å². The second kappa shape index (κ2) is 5.57. The smallest absolute Gasteiger partial charge is 0.261 e. The molecule has 0 aliphatic heterocycles. The first kappa shape index (κ1) is 13.6. The van der Waals surface area contributed by atoms with Gasteiger partial charge in [-0.25, -0.2) is 0 Å². The molecule has 3 aromatic rings. The Morgan fingerprint density at radius 2 is 2.14 bits per heavy atom. The van der Waals surface area contributed by atoms with Gasteiger partial charge in [0.05, 0.1) is 22.2 Å². The third-order valence-corrected chi connectivity index (χ3v) is 4.30. The van der Waals surface area contributed by atoms with Crippen LogP contribution in [0, 0.1) is 0 Å². The van der Waals surface area contributed by atoms with Gasteiger partial charge in [0.1, 0.15) is 11.4 Å². The van der Waals surface area contributed by atoms with Crippen molar-refractivity contribution in [2.24, 2.45) is 0 Å². The Morgan fingerprint density at radius 3 is 2.81 bits per heavy atom.